The van der Waals surface area contributed by atoms with Crippen LogP contribution >= 0.6 is 11.8 Å². The first-order chi connectivity index (χ1) is 13.2. The van der Waals surface area contributed by atoms with Gasteiger partial charge in [-0.3, -0.25) is 0 Å². The number of ether oxygens (including phenoxy) is 2. The Hall–Kier alpha value is -2.47. The molecule has 0 saturated carbocycles. The Kier molecular flexibility index (Phi) is 7.16. The van der Waals surface area contributed by atoms with Gasteiger partial charge in [0, 0.05) is 12.2 Å². The fourth-order valence-corrected chi connectivity index (χ4v) is 3.31. The van der Waals surface area contributed by atoms with E-state index in [0.29, 0.717) is 23.6 Å². The lowest BCUT2D eigenvalue weighted by atomic mass is 9.98. The molecule has 1 heterocycles. The van der Waals surface area contributed by atoms with Crippen molar-refractivity contribution in [3.63, 3.8) is 0 Å². The summed E-state index contributed by atoms with van der Waals surface area (Å²) in [7, 11) is 1.65. The number of hydrogen-bond donors (Lipinski definition) is 0. The normalized spacial score (nSPS) is 11.9. The van der Waals surface area contributed by atoms with Crippen LogP contribution in [0.4, 0.5) is 0 Å². The summed E-state index contributed by atoms with van der Waals surface area (Å²) >= 11 is 1.57. The molecule has 0 amide bonds. The smallest absolute Gasteiger partial charge is 0.276 e. The number of nitrogens with zero attached hydrogens (tertiary/aromatic N) is 2. The number of aromatic nitrogens is 2. The average molecular weight is 385 g/mol. The minimum Gasteiger partial charge on any atom is -0.497 e. The lowest BCUT2D eigenvalue weighted by Gasteiger charge is -2.08. The second kappa shape index (κ2) is 10.0. The van der Waals surface area contributed by atoms with Gasteiger partial charge in [-0.1, -0.05) is 49.0 Å². The van der Waals surface area contributed by atoms with Crippen molar-refractivity contribution < 1.29 is 13.9 Å². The number of rotatable bonds is 10. The standard InChI is InChI=1S/C21H24N2O3S/c1-16(17-7-4-3-5-8-17)15-20-22-23-21(26-20)27-14-6-13-25-19-11-9-18(24-2)10-12-19/h3-5,7-12,16H,6,13-15H2,1-2H3. The number of hydrogen-bond acceptors (Lipinski definition) is 6. The predicted octanol–water partition coefficient (Wildman–Crippen LogP) is 4.99. The zero-order valence-corrected chi connectivity index (χ0v) is 16.4. The van der Waals surface area contributed by atoms with Gasteiger partial charge in [0.25, 0.3) is 5.22 Å². The average Bonchev–Trinajstić information content (AvgIpc) is 3.16. The van der Waals surface area contributed by atoms with Crippen molar-refractivity contribution in [3.8, 4) is 11.5 Å². The minimum absolute atomic E-state index is 0.349. The highest BCUT2D eigenvalue weighted by atomic mass is 32.2. The summed E-state index contributed by atoms with van der Waals surface area (Å²) in [4.78, 5) is 0. The quantitative estimate of drug-likeness (QED) is 0.363. The summed E-state index contributed by atoms with van der Waals surface area (Å²) in [5, 5.41) is 8.91. The maximum Gasteiger partial charge on any atom is 0.276 e. The molecular formula is C21H24N2O3S. The van der Waals surface area contributed by atoms with Gasteiger partial charge in [0.2, 0.25) is 5.89 Å². The third-order valence-electron chi connectivity index (χ3n) is 4.14. The summed E-state index contributed by atoms with van der Waals surface area (Å²) in [6.07, 6.45) is 1.65. The number of thioether (sulfide) groups is 1. The molecule has 0 aliphatic heterocycles. The highest BCUT2D eigenvalue weighted by Gasteiger charge is 2.12. The van der Waals surface area contributed by atoms with Crippen LogP contribution in [0.2, 0.25) is 0 Å². The molecule has 142 valence electrons. The van der Waals surface area contributed by atoms with Gasteiger partial charge in [-0.05, 0) is 42.2 Å². The third kappa shape index (κ3) is 6.03. The molecular weight excluding hydrogens is 360 g/mol. The van der Waals surface area contributed by atoms with E-state index < -0.39 is 0 Å². The van der Waals surface area contributed by atoms with E-state index in [4.69, 9.17) is 13.9 Å². The third-order valence-corrected chi connectivity index (χ3v) is 5.04. The van der Waals surface area contributed by atoms with Crippen LogP contribution in [0.3, 0.4) is 0 Å². The zero-order valence-electron chi connectivity index (χ0n) is 15.6. The van der Waals surface area contributed by atoms with Crippen molar-refractivity contribution in [2.75, 3.05) is 19.5 Å². The summed E-state index contributed by atoms with van der Waals surface area (Å²) in [6.45, 7) is 2.81. The first-order valence-corrected chi connectivity index (χ1v) is 10.00. The van der Waals surface area contributed by atoms with Crippen molar-refractivity contribution in [2.45, 2.75) is 30.9 Å². The molecule has 0 saturated heterocycles. The molecule has 0 bridgehead atoms. The molecule has 1 unspecified atom stereocenters. The maximum absolute atomic E-state index is 5.75. The van der Waals surface area contributed by atoms with E-state index >= 15 is 0 Å². The molecule has 5 nitrogen and oxygen atoms in total. The summed E-state index contributed by atoms with van der Waals surface area (Å²) in [5.74, 6) is 3.57. The number of benzene rings is 2. The molecule has 6 heteroatoms. The van der Waals surface area contributed by atoms with E-state index in [2.05, 4.69) is 41.4 Å². The highest BCUT2D eigenvalue weighted by molar-refractivity contribution is 7.99. The van der Waals surface area contributed by atoms with Crippen molar-refractivity contribution in [1.82, 2.24) is 10.2 Å². The Morgan fingerprint density at radius 1 is 1.00 bits per heavy atom. The Bertz CT molecular complexity index is 806. The minimum atomic E-state index is 0.349. The van der Waals surface area contributed by atoms with E-state index in [9.17, 15) is 0 Å². The first kappa shape index (κ1) is 19.3. The van der Waals surface area contributed by atoms with Gasteiger partial charge in [0.1, 0.15) is 11.5 Å². The van der Waals surface area contributed by atoms with Crippen LogP contribution in [0.15, 0.2) is 64.2 Å². The van der Waals surface area contributed by atoms with Crippen molar-refractivity contribution in [2.24, 2.45) is 0 Å². The van der Waals surface area contributed by atoms with E-state index in [1.165, 1.54) is 5.56 Å². The highest BCUT2D eigenvalue weighted by Crippen LogP contribution is 2.23. The zero-order chi connectivity index (χ0) is 18.9. The lowest BCUT2D eigenvalue weighted by molar-refractivity contribution is 0.317. The molecule has 0 N–H and O–H groups in total. The van der Waals surface area contributed by atoms with Gasteiger partial charge in [-0.2, -0.15) is 0 Å². The molecule has 2 aromatic carbocycles. The van der Waals surface area contributed by atoms with Gasteiger partial charge in [0.05, 0.1) is 13.7 Å². The van der Waals surface area contributed by atoms with E-state index in [1.807, 2.05) is 30.3 Å². The SMILES string of the molecule is COc1ccc(OCCCSc2nnc(CC(C)c3ccccc3)o2)cc1. The van der Waals surface area contributed by atoms with Crippen LogP contribution in [0, 0.1) is 0 Å². The van der Waals surface area contributed by atoms with Crippen LogP contribution in [0.25, 0.3) is 0 Å². The second-order valence-corrected chi connectivity index (χ2v) is 7.25. The fourth-order valence-electron chi connectivity index (χ4n) is 2.62. The molecule has 0 aliphatic rings. The topological polar surface area (TPSA) is 57.4 Å². The second-order valence-electron chi connectivity index (χ2n) is 6.20. The molecule has 0 aliphatic carbocycles. The van der Waals surface area contributed by atoms with Crippen LogP contribution in [-0.2, 0) is 6.42 Å². The van der Waals surface area contributed by atoms with Crippen LogP contribution < -0.4 is 9.47 Å². The van der Waals surface area contributed by atoms with Crippen molar-refractivity contribution in [1.29, 1.82) is 0 Å². The van der Waals surface area contributed by atoms with Gasteiger partial charge < -0.3 is 13.9 Å². The van der Waals surface area contributed by atoms with E-state index in [0.717, 1.165) is 30.1 Å². The first-order valence-electron chi connectivity index (χ1n) is 9.01. The van der Waals surface area contributed by atoms with Gasteiger partial charge in [-0.25, -0.2) is 0 Å². The Morgan fingerprint density at radius 2 is 1.74 bits per heavy atom. The monoisotopic (exact) mass is 384 g/mol. The van der Waals surface area contributed by atoms with E-state index in [1.54, 1.807) is 18.9 Å². The molecule has 0 radical (unpaired) electrons. The van der Waals surface area contributed by atoms with Crippen LogP contribution in [0.1, 0.15) is 30.7 Å². The molecule has 1 atom stereocenters. The van der Waals surface area contributed by atoms with E-state index in [-0.39, 0.29) is 0 Å². The maximum atomic E-state index is 5.75. The summed E-state index contributed by atoms with van der Waals surface area (Å²) < 4.78 is 16.6. The lowest BCUT2D eigenvalue weighted by Crippen LogP contribution is -1.98. The van der Waals surface area contributed by atoms with Crippen molar-refractivity contribution >= 4 is 11.8 Å². The Balaban J connectivity index is 1.36. The molecule has 3 aromatic rings. The summed E-state index contributed by atoms with van der Waals surface area (Å²) in [6, 6.07) is 18.0. The van der Waals surface area contributed by atoms with Crippen LogP contribution in [0.5, 0.6) is 11.5 Å². The van der Waals surface area contributed by atoms with Gasteiger partial charge in [0.15, 0.2) is 0 Å². The molecule has 1 aromatic heterocycles. The molecule has 0 spiro atoms. The largest absolute Gasteiger partial charge is 0.497 e. The Labute approximate surface area is 164 Å². The Morgan fingerprint density at radius 3 is 2.48 bits per heavy atom. The van der Waals surface area contributed by atoms with Gasteiger partial charge >= 0.3 is 0 Å². The number of methoxy groups -OCH3 is 1. The fraction of sp³-hybridized carbons (Fsp3) is 0.333. The predicted molar refractivity (Wildman–Crippen MR) is 107 cm³/mol. The molecule has 3 rings (SSSR count). The van der Waals surface area contributed by atoms with Gasteiger partial charge in [-0.15, -0.1) is 10.2 Å². The summed E-state index contributed by atoms with van der Waals surface area (Å²) in [5.41, 5.74) is 1.28. The van der Waals surface area contributed by atoms with Crippen LogP contribution in [-0.4, -0.2) is 29.7 Å². The van der Waals surface area contributed by atoms with Crippen molar-refractivity contribution in [3.05, 3.63) is 66.1 Å². The molecule has 0 fully saturated rings. The molecule has 27 heavy (non-hydrogen) atoms.